The van der Waals surface area contributed by atoms with Gasteiger partial charge in [-0.1, -0.05) is 0 Å². The van der Waals surface area contributed by atoms with E-state index in [9.17, 15) is 31.5 Å². The number of halogens is 3. The summed E-state index contributed by atoms with van der Waals surface area (Å²) in [5, 5.41) is 14.5. The summed E-state index contributed by atoms with van der Waals surface area (Å²) in [6, 6.07) is 2.14. The van der Waals surface area contributed by atoms with Crippen molar-refractivity contribution in [2.75, 3.05) is 6.54 Å². The van der Waals surface area contributed by atoms with Crippen LogP contribution in [0.15, 0.2) is 17.0 Å². The second-order valence-corrected chi connectivity index (χ2v) is 6.14. The predicted molar refractivity (Wildman–Crippen MR) is 64.7 cm³/mol. The fourth-order valence-electron chi connectivity index (χ4n) is 2.15. The minimum absolute atomic E-state index is 0.0416. The van der Waals surface area contributed by atoms with Crippen LogP contribution in [0.4, 0.5) is 13.2 Å². The number of fused-ring (bicyclic) bond motifs is 1. The van der Waals surface area contributed by atoms with Gasteiger partial charge >= 0.3 is 12.1 Å². The first-order valence-electron chi connectivity index (χ1n) is 5.74. The lowest BCUT2D eigenvalue weighted by atomic mass is 9.99. The van der Waals surface area contributed by atoms with Crippen LogP contribution in [0, 0.1) is 0 Å². The van der Waals surface area contributed by atoms with Crippen molar-refractivity contribution in [3.05, 3.63) is 23.3 Å². The van der Waals surface area contributed by atoms with E-state index in [0.29, 0.717) is 10.5 Å². The summed E-state index contributed by atoms with van der Waals surface area (Å²) in [5.74, 6) is -2.62. The Balaban J connectivity index is 2.36. The van der Waals surface area contributed by atoms with Gasteiger partial charge in [0, 0.05) is 13.1 Å². The molecule has 0 saturated heterocycles. The molecule has 1 aliphatic heterocycles. The smallest absolute Gasteiger partial charge is 0.471 e. The third kappa shape index (κ3) is 3.10. The molecule has 1 aromatic carbocycles. The van der Waals surface area contributed by atoms with Crippen LogP contribution in [0.3, 0.4) is 0 Å². The van der Waals surface area contributed by atoms with Crippen LogP contribution >= 0.6 is 0 Å². The maximum Gasteiger partial charge on any atom is 0.471 e. The summed E-state index contributed by atoms with van der Waals surface area (Å²) in [6.07, 6.45) is -4.93. The van der Waals surface area contributed by atoms with Gasteiger partial charge in [-0.05, 0) is 29.7 Å². The summed E-state index contributed by atoms with van der Waals surface area (Å²) in [7, 11) is -4.13. The van der Waals surface area contributed by atoms with Crippen molar-refractivity contribution in [3.8, 4) is 5.75 Å². The van der Waals surface area contributed by atoms with E-state index >= 15 is 0 Å². The SMILES string of the molecule is NS(=O)(=O)c1cc2c(cc1O)CN(C(=O)C(F)(F)F)CC2. The number of nitrogens with two attached hydrogens (primary N) is 1. The Morgan fingerprint density at radius 3 is 2.43 bits per heavy atom. The molecule has 0 aromatic heterocycles. The number of alkyl halides is 3. The second-order valence-electron chi connectivity index (χ2n) is 4.61. The molecule has 0 fully saturated rings. The molecular formula is C11H11F3N2O4S. The first kappa shape index (κ1) is 15.6. The van der Waals surface area contributed by atoms with Gasteiger partial charge in [0.15, 0.2) is 0 Å². The van der Waals surface area contributed by atoms with Crippen molar-refractivity contribution >= 4 is 15.9 Å². The zero-order valence-electron chi connectivity index (χ0n) is 10.5. The average Bonchev–Trinajstić information content (AvgIpc) is 2.33. The number of rotatable bonds is 1. The molecule has 6 nitrogen and oxygen atoms in total. The van der Waals surface area contributed by atoms with E-state index in [1.165, 1.54) is 0 Å². The molecule has 0 bridgehead atoms. The molecule has 0 radical (unpaired) electrons. The molecule has 2 rings (SSSR count). The lowest BCUT2D eigenvalue weighted by Crippen LogP contribution is -2.43. The number of hydrogen-bond donors (Lipinski definition) is 2. The molecule has 21 heavy (non-hydrogen) atoms. The minimum atomic E-state index is -4.97. The van der Waals surface area contributed by atoms with E-state index in [4.69, 9.17) is 5.14 Å². The number of nitrogens with zero attached hydrogens (tertiary/aromatic N) is 1. The van der Waals surface area contributed by atoms with Crippen molar-refractivity contribution in [2.45, 2.75) is 24.0 Å². The molecule has 10 heteroatoms. The highest BCUT2D eigenvalue weighted by molar-refractivity contribution is 7.89. The van der Waals surface area contributed by atoms with Gasteiger partial charge in [0.05, 0.1) is 0 Å². The number of carbonyl (C=O) groups is 1. The monoisotopic (exact) mass is 324 g/mol. The van der Waals surface area contributed by atoms with Gasteiger partial charge in [0.25, 0.3) is 0 Å². The highest BCUT2D eigenvalue weighted by Crippen LogP contribution is 2.31. The molecule has 0 aliphatic carbocycles. The number of amides is 1. The van der Waals surface area contributed by atoms with E-state index in [-0.39, 0.29) is 25.1 Å². The highest BCUT2D eigenvalue weighted by atomic mass is 32.2. The zero-order valence-corrected chi connectivity index (χ0v) is 11.3. The van der Waals surface area contributed by atoms with Crippen LogP contribution in [0.2, 0.25) is 0 Å². The van der Waals surface area contributed by atoms with Crippen molar-refractivity contribution in [1.82, 2.24) is 4.90 Å². The van der Waals surface area contributed by atoms with Gasteiger partial charge in [0.2, 0.25) is 10.0 Å². The third-order valence-electron chi connectivity index (χ3n) is 3.13. The summed E-state index contributed by atoms with van der Waals surface area (Å²) in [4.78, 5) is 11.3. The highest BCUT2D eigenvalue weighted by Gasteiger charge is 2.43. The van der Waals surface area contributed by atoms with Gasteiger partial charge < -0.3 is 10.0 Å². The van der Waals surface area contributed by atoms with Crippen molar-refractivity contribution in [2.24, 2.45) is 5.14 Å². The number of carbonyl (C=O) groups excluding carboxylic acids is 1. The standard InChI is InChI=1S/C11H11F3N2O4S/c12-11(13,14)10(18)16-2-1-6-4-9(21(15,19)20)8(17)3-7(6)5-16/h3-4,17H,1-2,5H2,(H2,15,19,20). The number of sulfonamides is 1. The molecule has 1 aromatic rings. The number of primary sulfonamides is 1. The first-order chi connectivity index (χ1) is 9.50. The molecule has 0 atom stereocenters. The molecule has 116 valence electrons. The number of aromatic hydroxyl groups is 1. The van der Waals surface area contributed by atoms with Gasteiger partial charge in [0.1, 0.15) is 10.6 Å². The minimum Gasteiger partial charge on any atom is -0.507 e. The molecular weight excluding hydrogens is 313 g/mol. The Morgan fingerprint density at radius 1 is 1.29 bits per heavy atom. The van der Waals surface area contributed by atoms with Gasteiger partial charge in [-0.15, -0.1) is 0 Å². The quantitative estimate of drug-likeness (QED) is 0.785. The molecule has 0 unspecified atom stereocenters. The molecule has 0 saturated carbocycles. The number of phenolic OH excluding ortho intramolecular Hbond substituents is 1. The van der Waals surface area contributed by atoms with Crippen LogP contribution in [-0.2, 0) is 27.8 Å². The van der Waals surface area contributed by atoms with Crippen LogP contribution in [0.1, 0.15) is 11.1 Å². The average molecular weight is 324 g/mol. The van der Waals surface area contributed by atoms with E-state index in [1.54, 1.807) is 0 Å². The summed E-state index contributed by atoms with van der Waals surface area (Å²) in [6.45, 7) is -0.549. The zero-order chi connectivity index (χ0) is 16.0. The van der Waals surface area contributed by atoms with Gasteiger partial charge in [-0.25, -0.2) is 13.6 Å². The van der Waals surface area contributed by atoms with Crippen molar-refractivity contribution in [1.29, 1.82) is 0 Å². The lowest BCUT2D eigenvalue weighted by Gasteiger charge is -2.29. The van der Waals surface area contributed by atoms with E-state index in [1.807, 2.05) is 0 Å². The fourth-order valence-corrected chi connectivity index (χ4v) is 2.81. The second kappa shape index (κ2) is 4.88. The van der Waals surface area contributed by atoms with Crippen LogP contribution in [-0.4, -0.2) is 37.1 Å². The van der Waals surface area contributed by atoms with Crippen LogP contribution < -0.4 is 5.14 Å². The van der Waals surface area contributed by atoms with E-state index in [0.717, 1.165) is 12.1 Å². The number of phenols is 1. The summed E-state index contributed by atoms with van der Waals surface area (Å²) < 4.78 is 59.6. The van der Waals surface area contributed by atoms with E-state index in [2.05, 4.69) is 0 Å². The fraction of sp³-hybridized carbons (Fsp3) is 0.364. The largest absolute Gasteiger partial charge is 0.507 e. The predicted octanol–water partition coefficient (Wildman–Crippen LogP) is 0.487. The van der Waals surface area contributed by atoms with E-state index < -0.39 is 32.8 Å². The Morgan fingerprint density at radius 2 is 1.90 bits per heavy atom. The molecule has 1 amide bonds. The van der Waals surface area contributed by atoms with Crippen molar-refractivity contribution < 1.29 is 31.5 Å². The van der Waals surface area contributed by atoms with Gasteiger partial charge in [-0.3, -0.25) is 4.79 Å². The lowest BCUT2D eigenvalue weighted by molar-refractivity contribution is -0.186. The number of hydrogen-bond acceptors (Lipinski definition) is 4. The molecule has 1 heterocycles. The Bertz CT molecular complexity index is 700. The number of benzene rings is 1. The Hall–Kier alpha value is -1.81. The Kier molecular flexibility index (Phi) is 3.62. The van der Waals surface area contributed by atoms with Gasteiger partial charge in [-0.2, -0.15) is 13.2 Å². The Labute approximate surface area is 118 Å². The third-order valence-corrected chi connectivity index (χ3v) is 4.07. The van der Waals surface area contributed by atoms with Crippen LogP contribution in [0.25, 0.3) is 0 Å². The normalized spacial score (nSPS) is 15.7. The topological polar surface area (TPSA) is 101 Å². The van der Waals surface area contributed by atoms with Crippen LogP contribution in [0.5, 0.6) is 5.75 Å². The first-order valence-corrected chi connectivity index (χ1v) is 7.28. The summed E-state index contributed by atoms with van der Waals surface area (Å²) >= 11 is 0. The molecule has 0 spiro atoms. The summed E-state index contributed by atoms with van der Waals surface area (Å²) in [5.41, 5.74) is 0.687. The van der Waals surface area contributed by atoms with Crippen molar-refractivity contribution in [3.63, 3.8) is 0 Å². The maximum absolute atomic E-state index is 12.4. The molecule has 1 aliphatic rings. The molecule has 3 N–H and O–H groups in total. The maximum atomic E-state index is 12.4.